The number of benzene rings is 1. The molecular formula is C21H27N5O2. The van der Waals surface area contributed by atoms with E-state index in [0.29, 0.717) is 13.1 Å². The van der Waals surface area contributed by atoms with Crippen molar-refractivity contribution in [3.05, 3.63) is 47.3 Å². The van der Waals surface area contributed by atoms with Gasteiger partial charge in [-0.05, 0) is 26.0 Å². The fraction of sp³-hybridized carbons (Fsp3) is 0.476. The molecule has 148 valence electrons. The number of aryl methyl sites for hydroxylation is 2. The number of amides is 1. The molecule has 7 nitrogen and oxygen atoms in total. The predicted molar refractivity (Wildman–Crippen MR) is 109 cm³/mol. The molecule has 0 saturated carbocycles. The van der Waals surface area contributed by atoms with Gasteiger partial charge in [0.15, 0.2) is 0 Å². The second-order valence-corrected chi connectivity index (χ2v) is 7.38. The summed E-state index contributed by atoms with van der Waals surface area (Å²) in [5.74, 6) is 2.79. The van der Waals surface area contributed by atoms with Crippen LogP contribution in [0.3, 0.4) is 0 Å². The van der Waals surface area contributed by atoms with Crippen LogP contribution in [0.2, 0.25) is 0 Å². The molecule has 4 rings (SSSR count). The first-order valence-corrected chi connectivity index (χ1v) is 9.89. The van der Waals surface area contributed by atoms with E-state index in [1.165, 1.54) is 0 Å². The number of carbonyl (C=O) groups excluding carboxylic acids is 1. The van der Waals surface area contributed by atoms with Crippen molar-refractivity contribution in [1.29, 1.82) is 0 Å². The normalized spacial score (nSPS) is 17.7. The summed E-state index contributed by atoms with van der Waals surface area (Å²) < 4.78 is 5.44. The molecule has 0 radical (unpaired) electrons. The Bertz CT molecular complexity index is 842. The first-order chi connectivity index (χ1) is 13.6. The third-order valence-corrected chi connectivity index (χ3v) is 5.30. The number of ether oxygens (including phenoxy) is 1. The summed E-state index contributed by atoms with van der Waals surface area (Å²) in [6.07, 6.45) is 0. The molecule has 28 heavy (non-hydrogen) atoms. The van der Waals surface area contributed by atoms with Crippen molar-refractivity contribution >= 4 is 17.5 Å². The largest absolute Gasteiger partial charge is 0.378 e. The fourth-order valence-electron chi connectivity index (χ4n) is 3.75. The summed E-state index contributed by atoms with van der Waals surface area (Å²) in [7, 11) is 0. The van der Waals surface area contributed by atoms with Crippen LogP contribution in [0.4, 0.5) is 11.6 Å². The molecule has 0 atom stereocenters. The highest BCUT2D eigenvalue weighted by molar-refractivity contribution is 5.94. The van der Waals surface area contributed by atoms with E-state index < -0.39 is 0 Å². The van der Waals surface area contributed by atoms with Crippen LogP contribution in [0.1, 0.15) is 21.7 Å². The molecule has 7 heteroatoms. The van der Waals surface area contributed by atoms with Gasteiger partial charge in [0.05, 0.1) is 13.2 Å². The van der Waals surface area contributed by atoms with Crippen molar-refractivity contribution in [3.63, 3.8) is 0 Å². The Balaban J connectivity index is 1.43. The molecule has 1 amide bonds. The molecule has 1 aromatic carbocycles. The molecule has 2 saturated heterocycles. The van der Waals surface area contributed by atoms with Gasteiger partial charge in [-0.15, -0.1) is 0 Å². The molecule has 1 aromatic heterocycles. The van der Waals surface area contributed by atoms with Crippen molar-refractivity contribution in [3.8, 4) is 0 Å². The lowest BCUT2D eigenvalue weighted by molar-refractivity contribution is 0.0746. The Hall–Kier alpha value is -2.67. The minimum absolute atomic E-state index is 0.108. The lowest BCUT2D eigenvalue weighted by Crippen LogP contribution is -2.49. The molecule has 2 aliphatic heterocycles. The van der Waals surface area contributed by atoms with Gasteiger partial charge < -0.3 is 19.4 Å². The topological polar surface area (TPSA) is 61.8 Å². The van der Waals surface area contributed by atoms with E-state index in [4.69, 9.17) is 4.74 Å². The highest BCUT2D eigenvalue weighted by Crippen LogP contribution is 2.22. The van der Waals surface area contributed by atoms with E-state index in [2.05, 4.69) is 25.8 Å². The van der Waals surface area contributed by atoms with Gasteiger partial charge in [-0.3, -0.25) is 4.79 Å². The first kappa shape index (κ1) is 18.7. The molecule has 3 heterocycles. The lowest BCUT2D eigenvalue weighted by Gasteiger charge is -2.36. The van der Waals surface area contributed by atoms with Crippen LogP contribution < -0.4 is 9.80 Å². The maximum absolute atomic E-state index is 12.8. The number of hydrogen-bond acceptors (Lipinski definition) is 6. The molecule has 2 aliphatic rings. The highest BCUT2D eigenvalue weighted by atomic mass is 16.5. The Morgan fingerprint density at radius 2 is 1.54 bits per heavy atom. The minimum atomic E-state index is 0.108. The zero-order valence-corrected chi connectivity index (χ0v) is 16.6. The van der Waals surface area contributed by atoms with Gasteiger partial charge in [0.2, 0.25) is 0 Å². The van der Waals surface area contributed by atoms with Crippen molar-refractivity contribution in [2.75, 3.05) is 62.3 Å². The highest BCUT2D eigenvalue weighted by Gasteiger charge is 2.24. The third-order valence-electron chi connectivity index (χ3n) is 5.30. The van der Waals surface area contributed by atoms with Gasteiger partial charge >= 0.3 is 0 Å². The van der Waals surface area contributed by atoms with E-state index in [-0.39, 0.29) is 5.91 Å². The Morgan fingerprint density at radius 3 is 2.18 bits per heavy atom. The summed E-state index contributed by atoms with van der Waals surface area (Å²) in [6.45, 7) is 10.1. The number of aromatic nitrogens is 2. The summed E-state index contributed by atoms with van der Waals surface area (Å²) >= 11 is 0. The smallest absolute Gasteiger partial charge is 0.253 e. The van der Waals surface area contributed by atoms with Gasteiger partial charge in [-0.1, -0.05) is 17.7 Å². The Kier molecular flexibility index (Phi) is 5.43. The number of piperazine rings is 1. The molecule has 0 spiro atoms. The van der Waals surface area contributed by atoms with Crippen molar-refractivity contribution in [1.82, 2.24) is 14.9 Å². The summed E-state index contributed by atoms with van der Waals surface area (Å²) in [5, 5.41) is 0. The van der Waals surface area contributed by atoms with Crippen LogP contribution >= 0.6 is 0 Å². The summed E-state index contributed by atoms with van der Waals surface area (Å²) in [4.78, 5) is 28.5. The van der Waals surface area contributed by atoms with Crippen LogP contribution in [0.5, 0.6) is 0 Å². The monoisotopic (exact) mass is 381 g/mol. The second kappa shape index (κ2) is 8.14. The summed E-state index contributed by atoms with van der Waals surface area (Å²) in [6, 6.07) is 9.87. The van der Waals surface area contributed by atoms with E-state index in [9.17, 15) is 4.79 Å². The number of morpholine rings is 1. The molecule has 0 bridgehead atoms. The number of rotatable bonds is 3. The molecule has 0 unspecified atom stereocenters. The number of hydrogen-bond donors (Lipinski definition) is 0. The van der Waals surface area contributed by atoms with Gasteiger partial charge in [0.1, 0.15) is 17.5 Å². The maximum atomic E-state index is 12.8. The van der Waals surface area contributed by atoms with Gasteiger partial charge in [0, 0.05) is 50.9 Å². The quantitative estimate of drug-likeness (QED) is 0.809. The molecular weight excluding hydrogens is 354 g/mol. The predicted octanol–water partition coefficient (Wildman–Crippen LogP) is 1.89. The van der Waals surface area contributed by atoms with Crippen molar-refractivity contribution in [2.45, 2.75) is 13.8 Å². The zero-order valence-electron chi connectivity index (χ0n) is 16.6. The molecule has 2 fully saturated rings. The van der Waals surface area contributed by atoms with Gasteiger partial charge in [0.25, 0.3) is 5.91 Å². The maximum Gasteiger partial charge on any atom is 0.253 e. The molecule has 0 aliphatic carbocycles. The summed E-state index contributed by atoms with van der Waals surface area (Å²) in [5.41, 5.74) is 1.87. The van der Waals surface area contributed by atoms with Crippen molar-refractivity contribution in [2.24, 2.45) is 0 Å². The first-order valence-electron chi connectivity index (χ1n) is 9.89. The Labute approximate surface area is 165 Å². The Morgan fingerprint density at radius 1 is 0.893 bits per heavy atom. The van der Waals surface area contributed by atoms with E-state index in [0.717, 1.165) is 68.0 Å². The third kappa shape index (κ3) is 4.09. The lowest BCUT2D eigenvalue weighted by atomic mass is 10.1. The second-order valence-electron chi connectivity index (χ2n) is 7.38. The standard InChI is InChI=1S/C21H27N5O2/c1-16-4-3-5-18(14-16)21(27)26-8-6-24(7-9-26)19-15-20(23-17(2)22-19)25-10-12-28-13-11-25/h3-5,14-15H,6-13H2,1-2H3. The van der Waals surface area contributed by atoms with Crippen LogP contribution in [-0.4, -0.2) is 73.3 Å². The average Bonchev–Trinajstić information content (AvgIpc) is 2.73. The van der Waals surface area contributed by atoms with Crippen LogP contribution in [0.25, 0.3) is 0 Å². The molecule has 2 aromatic rings. The fourth-order valence-corrected chi connectivity index (χ4v) is 3.75. The van der Waals surface area contributed by atoms with E-state index >= 15 is 0 Å². The van der Waals surface area contributed by atoms with Gasteiger partial charge in [-0.2, -0.15) is 0 Å². The number of nitrogens with zero attached hydrogens (tertiary/aromatic N) is 5. The van der Waals surface area contributed by atoms with Crippen LogP contribution in [0.15, 0.2) is 30.3 Å². The van der Waals surface area contributed by atoms with Crippen LogP contribution in [0, 0.1) is 13.8 Å². The van der Waals surface area contributed by atoms with Gasteiger partial charge in [-0.25, -0.2) is 9.97 Å². The number of carbonyl (C=O) groups is 1. The minimum Gasteiger partial charge on any atom is -0.378 e. The van der Waals surface area contributed by atoms with Crippen molar-refractivity contribution < 1.29 is 9.53 Å². The average molecular weight is 381 g/mol. The number of anilines is 2. The van der Waals surface area contributed by atoms with E-state index in [1.807, 2.05) is 43.0 Å². The zero-order chi connectivity index (χ0) is 19.5. The molecule has 0 N–H and O–H groups in total. The van der Waals surface area contributed by atoms with Crippen LogP contribution in [-0.2, 0) is 4.74 Å². The SMILES string of the molecule is Cc1cccc(C(=O)N2CCN(c3cc(N4CCOCC4)nc(C)n3)CC2)c1. The van der Waals surface area contributed by atoms with E-state index in [1.54, 1.807) is 0 Å².